The van der Waals surface area contributed by atoms with Crippen molar-refractivity contribution in [2.45, 2.75) is 70.6 Å². The fourth-order valence-electron chi connectivity index (χ4n) is 2.91. The van der Waals surface area contributed by atoms with Crippen molar-refractivity contribution in [2.24, 2.45) is 5.92 Å². The molecule has 0 saturated heterocycles. The van der Waals surface area contributed by atoms with Gasteiger partial charge >= 0.3 is 0 Å². The zero-order valence-corrected chi connectivity index (χ0v) is 11.4. The third-order valence-electron chi connectivity index (χ3n) is 4.03. The zero-order valence-electron chi connectivity index (χ0n) is 11.4. The summed E-state index contributed by atoms with van der Waals surface area (Å²) in [6.07, 6.45) is 20.1. The minimum absolute atomic E-state index is 0.564. The van der Waals surface area contributed by atoms with Gasteiger partial charge in [-0.2, -0.15) is 0 Å². The summed E-state index contributed by atoms with van der Waals surface area (Å²) < 4.78 is 10.8. The highest BCUT2D eigenvalue weighted by Crippen LogP contribution is 2.28. The van der Waals surface area contributed by atoms with E-state index in [9.17, 15) is 0 Å². The van der Waals surface area contributed by atoms with E-state index in [0.717, 1.165) is 5.76 Å². The number of allylic oxidation sites excluding steroid dienone is 1. The van der Waals surface area contributed by atoms with Gasteiger partial charge in [-0.3, -0.25) is 0 Å². The van der Waals surface area contributed by atoms with Gasteiger partial charge in [0.15, 0.2) is 0 Å². The topological polar surface area (TPSA) is 18.5 Å². The van der Waals surface area contributed by atoms with Crippen LogP contribution in [0.15, 0.2) is 24.5 Å². The van der Waals surface area contributed by atoms with Gasteiger partial charge in [-0.05, 0) is 12.8 Å². The molecule has 2 heteroatoms. The Morgan fingerprint density at radius 2 is 1.28 bits per heavy atom. The lowest BCUT2D eigenvalue weighted by Crippen LogP contribution is -2.08. The molecule has 102 valence electrons. The molecule has 1 fully saturated rings. The lowest BCUT2D eigenvalue weighted by atomic mass is 9.91. The normalized spacial score (nSPS) is 24.1. The van der Waals surface area contributed by atoms with Crippen LogP contribution in [-0.2, 0) is 9.47 Å². The summed E-state index contributed by atoms with van der Waals surface area (Å²) in [5, 5.41) is 0. The van der Waals surface area contributed by atoms with E-state index in [4.69, 9.17) is 9.47 Å². The second-order valence-corrected chi connectivity index (χ2v) is 5.50. The fraction of sp³-hybridized carbons (Fsp3) is 0.750. The van der Waals surface area contributed by atoms with Gasteiger partial charge in [0.25, 0.3) is 0 Å². The van der Waals surface area contributed by atoms with Gasteiger partial charge < -0.3 is 9.47 Å². The largest absolute Gasteiger partial charge is 0.466 e. The molecule has 2 rings (SSSR count). The highest BCUT2D eigenvalue weighted by atomic mass is 16.5. The van der Waals surface area contributed by atoms with E-state index < -0.39 is 0 Å². The van der Waals surface area contributed by atoms with Gasteiger partial charge in [0, 0.05) is 5.92 Å². The Morgan fingerprint density at radius 1 is 0.722 bits per heavy atom. The van der Waals surface area contributed by atoms with Crippen LogP contribution >= 0.6 is 0 Å². The monoisotopic (exact) mass is 250 g/mol. The average molecular weight is 250 g/mol. The summed E-state index contributed by atoms with van der Waals surface area (Å²) in [4.78, 5) is 0. The SMILES string of the molecule is C1=COC(C2CCCCCCCCCCC2)=CO1. The molecule has 0 aromatic rings. The van der Waals surface area contributed by atoms with Crippen molar-refractivity contribution < 1.29 is 9.47 Å². The molecule has 0 N–H and O–H groups in total. The Labute approximate surface area is 111 Å². The molecule has 0 bridgehead atoms. The van der Waals surface area contributed by atoms with Gasteiger partial charge in [-0.15, -0.1) is 0 Å². The molecule has 0 aromatic heterocycles. The van der Waals surface area contributed by atoms with Crippen molar-refractivity contribution in [1.29, 1.82) is 0 Å². The molecule has 1 heterocycles. The Hall–Kier alpha value is -0.920. The molecule has 0 spiro atoms. The second kappa shape index (κ2) is 8.23. The van der Waals surface area contributed by atoms with Gasteiger partial charge in [0.2, 0.25) is 0 Å². The maximum Gasteiger partial charge on any atom is 0.141 e. The van der Waals surface area contributed by atoms with E-state index in [2.05, 4.69) is 0 Å². The van der Waals surface area contributed by atoms with Gasteiger partial charge in [-0.1, -0.05) is 57.8 Å². The second-order valence-electron chi connectivity index (χ2n) is 5.50. The molecule has 18 heavy (non-hydrogen) atoms. The van der Waals surface area contributed by atoms with E-state index >= 15 is 0 Å². The van der Waals surface area contributed by atoms with Crippen LogP contribution < -0.4 is 0 Å². The third kappa shape index (κ3) is 4.75. The quantitative estimate of drug-likeness (QED) is 0.631. The van der Waals surface area contributed by atoms with Crippen molar-refractivity contribution in [3.8, 4) is 0 Å². The van der Waals surface area contributed by atoms with E-state index in [1.54, 1.807) is 18.8 Å². The first kappa shape index (κ1) is 13.5. The van der Waals surface area contributed by atoms with Crippen molar-refractivity contribution >= 4 is 0 Å². The van der Waals surface area contributed by atoms with Crippen LogP contribution in [0.2, 0.25) is 0 Å². The van der Waals surface area contributed by atoms with Crippen LogP contribution in [0.1, 0.15) is 70.6 Å². The van der Waals surface area contributed by atoms with E-state index in [1.807, 2.05) is 0 Å². The molecule has 0 atom stereocenters. The van der Waals surface area contributed by atoms with Gasteiger partial charge in [0.1, 0.15) is 24.5 Å². The summed E-state index contributed by atoms with van der Waals surface area (Å²) in [7, 11) is 0. The number of ether oxygens (including phenoxy) is 2. The summed E-state index contributed by atoms with van der Waals surface area (Å²) in [6.45, 7) is 0. The Bertz CT molecular complexity index is 269. The molecule has 0 radical (unpaired) electrons. The average Bonchev–Trinajstić information content (AvgIpc) is 2.40. The highest BCUT2D eigenvalue weighted by molar-refractivity contribution is 5.00. The summed E-state index contributed by atoms with van der Waals surface area (Å²) in [5.74, 6) is 1.60. The molecule has 2 aliphatic rings. The lowest BCUT2D eigenvalue weighted by molar-refractivity contribution is 0.205. The van der Waals surface area contributed by atoms with E-state index in [0.29, 0.717) is 5.92 Å². The predicted molar refractivity (Wildman–Crippen MR) is 73.7 cm³/mol. The van der Waals surface area contributed by atoms with Gasteiger partial charge in [-0.25, -0.2) is 0 Å². The first-order chi connectivity index (χ1) is 8.97. The number of hydrogen-bond donors (Lipinski definition) is 0. The van der Waals surface area contributed by atoms with Crippen LogP contribution in [-0.4, -0.2) is 0 Å². The van der Waals surface area contributed by atoms with E-state index in [1.165, 1.54) is 70.6 Å². The molecule has 0 amide bonds. The molecule has 2 nitrogen and oxygen atoms in total. The van der Waals surface area contributed by atoms with Crippen LogP contribution in [0.3, 0.4) is 0 Å². The summed E-state index contributed by atoms with van der Waals surface area (Å²) in [5.41, 5.74) is 0. The first-order valence-corrected chi connectivity index (χ1v) is 7.64. The Balaban J connectivity index is 1.82. The maximum atomic E-state index is 5.60. The first-order valence-electron chi connectivity index (χ1n) is 7.64. The molecular weight excluding hydrogens is 224 g/mol. The lowest BCUT2D eigenvalue weighted by Gasteiger charge is -2.21. The molecule has 0 unspecified atom stereocenters. The molecule has 1 aliphatic carbocycles. The van der Waals surface area contributed by atoms with Crippen LogP contribution in [0.5, 0.6) is 0 Å². The van der Waals surface area contributed by atoms with Crippen molar-refractivity contribution in [1.82, 2.24) is 0 Å². The summed E-state index contributed by atoms with van der Waals surface area (Å²) in [6, 6.07) is 0. The van der Waals surface area contributed by atoms with Gasteiger partial charge in [0.05, 0.1) is 0 Å². The Morgan fingerprint density at radius 3 is 1.78 bits per heavy atom. The maximum absolute atomic E-state index is 5.60. The molecular formula is C16H26O2. The molecule has 1 saturated carbocycles. The van der Waals surface area contributed by atoms with Crippen LogP contribution in [0.4, 0.5) is 0 Å². The smallest absolute Gasteiger partial charge is 0.141 e. The van der Waals surface area contributed by atoms with Crippen molar-refractivity contribution in [3.63, 3.8) is 0 Å². The molecule has 1 aliphatic heterocycles. The number of hydrogen-bond acceptors (Lipinski definition) is 2. The fourth-order valence-corrected chi connectivity index (χ4v) is 2.91. The van der Waals surface area contributed by atoms with Crippen LogP contribution in [0, 0.1) is 5.92 Å². The zero-order chi connectivity index (χ0) is 12.5. The Kier molecular flexibility index (Phi) is 6.18. The highest BCUT2D eigenvalue weighted by Gasteiger charge is 2.17. The standard InChI is InChI=1S/C16H26O2/c1-2-4-6-8-10-15(11-9-7-5-3-1)16-14-17-12-13-18-16/h12-15H,1-11H2. The van der Waals surface area contributed by atoms with E-state index in [-0.39, 0.29) is 0 Å². The van der Waals surface area contributed by atoms with Crippen LogP contribution in [0.25, 0.3) is 0 Å². The minimum atomic E-state index is 0.564. The number of rotatable bonds is 1. The molecule has 0 aromatic carbocycles. The predicted octanol–water partition coefficient (Wildman–Crippen LogP) is 5.27. The third-order valence-corrected chi connectivity index (χ3v) is 4.03. The van der Waals surface area contributed by atoms with Crippen molar-refractivity contribution in [3.05, 3.63) is 24.5 Å². The minimum Gasteiger partial charge on any atom is -0.466 e. The summed E-state index contributed by atoms with van der Waals surface area (Å²) >= 11 is 0. The van der Waals surface area contributed by atoms with Crippen molar-refractivity contribution in [2.75, 3.05) is 0 Å².